The van der Waals surface area contributed by atoms with Gasteiger partial charge in [-0.15, -0.1) is 0 Å². The van der Waals surface area contributed by atoms with E-state index in [1.165, 1.54) is 6.42 Å². The van der Waals surface area contributed by atoms with Crippen LogP contribution in [0.25, 0.3) is 0 Å². The third kappa shape index (κ3) is 2.35. The zero-order chi connectivity index (χ0) is 12.3. The van der Waals surface area contributed by atoms with E-state index in [9.17, 15) is 0 Å². The number of ether oxygens (including phenoxy) is 1. The van der Waals surface area contributed by atoms with Gasteiger partial charge in [-0.3, -0.25) is 4.68 Å². The summed E-state index contributed by atoms with van der Waals surface area (Å²) >= 11 is 0. The Morgan fingerprint density at radius 1 is 1.59 bits per heavy atom. The molecule has 96 valence electrons. The van der Waals surface area contributed by atoms with E-state index in [0.717, 1.165) is 38.1 Å². The molecule has 1 heterocycles. The quantitative estimate of drug-likeness (QED) is 0.806. The average molecular weight is 238 g/mol. The molecule has 1 aromatic heterocycles. The number of aryl methyl sites for hydroxylation is 1. The van der Waals surface area contributed by atoms with Gasteiger partial charge in [-0.2, -0.15) is 5.10 Å². The van der Waals surface area contributed by atoms with Gasteiger partial charge in [-0.1, -0.05) is 6.92 Å². The summed E-state index contributed by atoms with van der Waals surface area (Å²) in [6.07, 6.45) is 6.75. The first-order valence-corrected chi connectivity index (χ1v) is 6.39. The standard InChI is InChI=1S/C12H22N4O/c1-3-7-16-11(14-9-15-16)8-10(13)12(17-2)5-4-6-12/h9-10H,3-8,13H2,1-2H3. The molecule has 1 saturated carbocycles. The highest BCUT2D eigenvalue weighted by Crippen LogP contribution is 2.38. The van der Waals surface area contributed by atoms with E-state index in [2.05, 4.69) is 17.0 Å². The van der Waals surface area contributed by atoms with E-state index >= 15 is 0 Å². The van der Waals surface area contributed by atoms with E-state index in [-0.39, 0.29) is 11.6 Å². The van der Waals surface area contributed by atoms with Crippen molar-refractivity contribution < 1.29 is 4.74 Å². The zero-order valence-corrected chi connectivity index (χ0v) is 10.7. The third-order valence-electron chi connectivity index (χ3n) is 3.82. The van der Waals surface area contributed by atoms with Gasteiger partial charge in [0, 0.05) is 26.1 Å². The monoisotopic (exact) mass is 238 g/mol. The lowest BCUT2D eigenvalue weighted by molar-refractivity contribution is -0.0901. The second-order valence-corrected chi connectivity index (χ2v) is 4.83. The number of nitrogens with zero attached hydrogens (tertiary/aromatic N) is 3. The molecular formula is C12H22N4O. The summed E-state index contributed by atoms with van der Waals surface area (Å²) in [4.78, 5) is 4.30. The molecule has 0 aromatic carbocycles. The summed E-state index contributed by atoms with van der Waals surface area (Å²) in [5.41, 5.74) is 6.15. The van der Waals surface area contributed by atoms with Gasteiger partial charge in [0.15, 0.2) is 0 Å². The van der Waals surface area contributed by atoms with Crippen LogP contribution in [0, 0.1) is 0 Å². The summed E-state index contributed by atoms with van der Waals surface area (Å²) in [6, 6.07) is 0.0149. The average Bonchev–Trinajstić information content (AvgIpc) is 2.66. The Morgan fingerprint density at radius 2 is 2.35 bits per heavy atom. The number of rotatable bonds is 6. The maximum Gasteiger partial charge on any atom is 0.138 e. The van der Waals surface area contributed by atoms with Crippen molar-refractivity contribution in [2.24, 2.45) is 5.73 Å². The smallest absolute Gasteiger partial charge is 0.138 e. The van der Waals surface area contributed by atoms with Crippen molar-refractivity contribution in [3.8, 4) is 0 Å². The van der Waals surface area contributed by atoms with Gasteiger partial charge in [0.2, 0.25) is 0 Å². The number of aromatic nitrogens is 3. The molecule has 17 heavy (non-hydrogen) atoms. The molecular weight excluding hydrogens is 216 g/mol. The van der Waals surface area contributed by atoms with Crippen molar-refractivity contribution in [1.29, 1.82) is 0 Å². The fourth-order valence-corrected chi connectivity index (χ4v) is 2.48. The van der Waals surface area contributed by atoms with Gasteiger partial charge in [0.1, 0.15) is 12.2 Å². The van der Waals surface area contributed by atoms with Crippen LogP contribution in [0.15, 0.2) is 6.33 Å². The first-order chi connectivity index (χ1) is 8.22. The van der Waals surface area contributed by atoms with Gasteiger partial charge < -0.3 is 10.5 Å². The summed E-state index contributed by atoms with van der Waals surface area (Å²) in [6.45, 7) is 3.04. The molecule has 2 rings (SSSR count). The molecule has 5 nitrogen and oxygen atoms in total. The summed E-state index contributed by atoms with van der Waals surface area (Å²) in [7, 11) is 1.76. The maximum absolute atomic E-state index is 6.27. The summed E-state index contributed by atoms with van der Waals surface area (Å²) in [5.74, 6) is 0.975. The molecule has 1 fully saturated rings. The van der Waals surface area contributed by atoms with Crippen molar-refractivity contribution in [2.75, 3.05) is 7.11 Å². The highest BCUT2D eigenvalue weighted by Gasteiger charge is 2.43. The van der Waals surface area contributed by atoms with Crippen molar-refractivity contribution in [1.82, 2.24) is 14.8 Å². The lowest BCUT2D eigenvalue weighted by Crippen LogP contribution is -2.55. The first-order valence-electron chi connectivity index (χ1n) is 6.39. The third-order valence-corrected chi connectivity index (χ3v) is 3.82. The number of nitrogens with two attached hydrogens (primary N) is 1. The highest BCUT2D eigenvalue weighted by molar-refractivity contribution is 5.03. The SMILES string of the molecule is CCCn1ncnc1CC(N)C1(OC)CCC1. The van der Waals surface area contributed by atoms with E-state index in [0.29, 0.717) is 0 Å². The minimum atomic E-state index is -0.122. The molecule has 1 atom stereocenters. The second kappa shape index (κ2) is 5.14. The Hall–Kier alpha value is -0.940. The number of methoxy groups -OCH3 is 1. The van der Waals surface area contributed by atoms with Gasteiger partial charge in [-0.25, -0.2) is 4.98 Å². The van der Waals surface area contributed by atoms with Crippen LogP contribution in [0.2, 0.25) is 0 Å². The predicted molar refractivity (Wildman–Crippen MR) is 65.6 cm³/mol. The molecule has 0 saturated heterocycles. The van der Waals surface area contributed by atoms with Crippen molar-refractivity contribution in [2.45, 2.75) is 57.2 Å². The zero-order valence-electron chi connectivity index (χ0n) is 10.7. The summed E-state index contributed by atoms with van der Waals surface area (Å²) in [5, 5.41) is 4.22. The summed E-state index contributed by atoms with van der Waals surface area (Å²) < 4.78 is 7.55. The molecule has 1 aromatic rings. The topological polar surface area (TPSA) is 66.0 Å². The van der Waals surface area contributed by atoms with Crippen LogP contribution >= 0.6 is 0 Å². The molecule has 0 aliphatic heterocycles. The molecule has 0 bridgehead atoms. The van der Waals surface area contributed by atoms with Crippen LogP contribution < -0.4 is 5.73 Å². The first kappa shape index (κ1) is 12.5. The van der Waals surface area contributed by atoms with Crippen LogP contribution in [0.1, 0.15) is 38.4 Å². The molecule has 1 unspecified atom stereocenters. The van der Waals surface area contributed by atoms with Crippen molar-refractivity contribution in [3.63, 3.8) is 0 Å². The predicted octanol–water partition coefficient (Wildman–Crippen LogP) is 1.13. The van der Waals surface area contributed by atoms with Crippen LogP contribution in [0.4, 0.5) is 0 Å². The van der Waals surface area contributed by atoms with Gasteiger partial charge >= 0.3 is 0 Å². The number of hydrogen-bond donors (Lipinski definition) is 1. The Labute approximate surface area is 102 Å². The van der Waals surface area contributed by atoms with Gasteiger partial charge in [-0.05, 0) is 25.7 Å². The fraction of sp³-hybridized carbons (Fsp3) is 0.833. The Kier molecular flexibility index (Phi) is 3.79. The normalized spacial score (nSPS) is 19.9. The van der Waals surface area contributed by atoms with E-state index < -0.39 is 0 Å². The highest BCUT2D eigenvalue weighted by atomic mass is 16.5. The molecule has 2 N–H and O–H groups in total. The van der Waals surface area contributed by atoms with E-state index in [1.54, 1.807) is 13.4 Å². The van der Waals surface area contributed by atoms with Crippen LogP contribution in [-0.2, 0) is 17.7 Å². The Bertz CT molecular complexity index is 354. The molecule has 0 amide bonds. The minimum absolute atomic E-state index is 0.0149. The van der Waals surface area contributed by atoms with Crippen molar-refractivity contribution >= 4 is 0 Å². The maximum atomic E-state index is 6.27. The molecule has 5 heteroatoms. The van der Waals surface area contributed by atoms with Crippen molar-refractivity contribution in [3.05, 3.63) is 12.2 Å². The van der Waals surface area contributed by atoms with Gasteiger partial charge in [0.05, 0.1) is 5.60 Å². The lowest BCUT2D eigenvalue weighted by Gasteiger charge is -2.44. The largest absolute Gasteiger partial charge is 0.377 e. The molecule has 1 aliphatic carbocycles. The van der Waals surface area contributed by atoms with Crippen LogP contribution in [0.5, 0.6) is 0 Å². The van der Waals surface area contributed by atoms with Crippen LogP contribution in [0.3, 0.4) is 0 Å². The Morgan fingerprint density at radius 3 is 2.88 bits per heavy atom. The molecule has 0 spiro atoms. The molecule has 0 radical (unpaired) electrons. The lowest BCUT2D eigenvalue weighted by atomic mass is 9.73. The fourth-order valence-electron chi connectivity index (χ4n) is 2.48. The Balaban J connectivity index is 2.02. The van der Waals surface area contributed by atoms with E-state index in [4.69, 9.17) is 10.5 Å². The van der Waals surface area contributed by atoms with E-state index in [1.807, 2.05) is 4.68 Å². The van der Waals surface area contributed by atoms with Gasteiger partial charge in [0.25, 0.3) is 0 Å². The van der Waals surface area contributed by atoms with Crippen LogP contribution in [-0.4, -0.2) is 33.5 Å². The minimum Gasteiger partial charge on any atom is -0.377 e. The number of hydrogen-bond acceptors (Lipinski definition) is 4. The molecule has 1 aliphatic rings. The second-order valence-electron chi connectivity index (χ2n) is 4.83.